The fourth-order valence-corrected chi connectivity index (χ4v) is 6.23. The summed E-state index contributed by atoms with van der Waals surface area (Å²) in [4.78, 5) is 45.0. The van der Waals surface area contributed by atoms with E-state index in [1.807, 2.05) is 22.8 Å². The van der Waals surface area contributed by atoms with Crippen LogP contribution in [-0.4, -0.2) is 41.8 Å². The van der Waals surface area contributed by atoms with Crippen molar-refractivity contribution in [3.8, 4) is 16.9 Å². The van der Waals surface area contributed by atoms with Crippen LogP contribution in [0.25, 0.3) is 22.2 Å². The number of aromatic nitrogens is 4. The third kappa shape index (κ3) is 4.44. The molecule has 6 rings (SSSR count). The van der Waals surface area contributed by atoms with Crippen molar-refractivity contribution in [2.75, 3.05) is 0 Å². The predicted molar refractivity (Wildman–Crippen MR) is 138 cm³/mol. The minimum absolute atomic E-state index is 0.0564. The molecule has 0 spiro atoms. The highest BCUT2D eigenvalue weighted by atomic mass is 31.2. The van der Waals surface area contributed by atoms with E-state index in [1.54, 1.807) is 19.2 Å². The Hall–Kier alpha value is -3.77. The van der Waals surface area contributed by atoms with Gasteiger partial charge in [0, 0.05) is 28.6 Å². The van der Waals surface area contributed by atoms with Crippen molar-refractivity contribution < 1.29 is 37.2 Å². The number of carbonyl (C=O) groups excluding carboxylic acids is 1. The van der Waals surface area contributed by atoms with Crippen molar-refractivity contribution in [1.29, 1.82) is 0 Å². The van der Waals surface area contributed by atoms with Crippen molar-refractivity contribution in [3.05, 3.63) is 71.1 Å². The number of nitrogens with zero attached hydrogens (tertiary/aromatic N) is 4. The quantitative estimate of drug-likeness (QED) is 0.284. The van der Waals surface area contributed by atoms with E-state index in [9.17, 15) is 27.9 Å². The second-order valence-electron chi connectivity index (χ2n) is 10.2. The lowest BCUT2D eigenvalue weighted by Crippen LogP contribution is -2.28. The first-order valence-corrected chi connectivity index (χ1v) is 13.9. The summed E-state index contributed by atoms with van der Waals surface area (Å²) in [6, 6.07) is 9.20. The molecule has 2 aliphatic rings. The number of carbonyl (C=O) groups is 1. The number of aryl methyl sites for hydroxylation is 1. The molecule has 0 saturated heterocycles. The van der Waals surface area contributed by atoms with Crippen molar-refractivity contribution >= 4 is 24.8 Å². The fourth-order valence-electron chi connectivity index (χ4n) is 5.56. The Morgan fingerprint density at radius 1 is 1.18 bits per heavy atom. The van der Waals surface area contributed by atoms with Crippen molar-refractivity contribution in [2.45, 2.75) is 51.5 Å². The maximum Gasteiger partial charge on any atom is 0.470 e. The highest BCUT2D eigenvalue weighted by Crippen LogP contribution is 2.48. The summed E-state index contributed by atoms with van der Waals surface area (Å²) < 4.78 is 49.6. The van der Waals surface area contributed by atoms with E-state index in [2.05, 4.69) is 15.3 Å². The standard InChI is InChI=1S/C26H24F2N5O6P/c1-12-15(11-29-24(30-12)26(2,3)39-40(35,36)37)13-7-8-16-18(9-13)33-19-10-17(22(33)31-16)32-23(34)14-5-4-6-20(21(14)19)38-25(27)28/h4-9,11,17,19,25H,10H2,1-3H3,(H,32,34)(H2,35,36,37)/t17-,19+/m0/s1. The summed E-state index contributed by atoms with van der Waals surface area (Å²) in [7, 11) is -4.78. The van der Waals surface area contributed by atoms with Gasteiger partial charge < -0.3 is 24.4 Å². The molecule has 2 bridgehead atoms. The number of rotatable bonds is 6. The average Bonchev–Trinajstić information content (AvgIpc) is 3.34. The van der Waals surface area contributed by atoms with E-state index in [0.717, 1.165) is 11.1 Å². The first kappa shape index (κ1) is 26.5. The van der Waals surface area contributed by atoms with E-state index < -0.39 is 32.1 Å². The Kier molecular flexibility index (Phi) is 6.04. The lowest BCUT2D eigenvalue weighted by molar-refractivity contribution is -0.0507. The molecule has 0 unspecified atom stereocenters. The number of hydrogen-bond acceptors (Lipinski definition) is 7. The minimum Gasteiger partial charge on any atom is -0.434 e. The summed E-state index contributed by atoms with van der Waals surface area (Å²) in [6.07, 6.45) is 1.98. The van der Waals surface area contributed by atoms with Crippen LogP contribution < -0.4 is 10.1 Å². The second kappa shape index (κ2) is 9.13. The van der Waals surface area contributed by atoms with Crippen LogP contribution in [0.5, 0.6) is 5.75 Å². The molecule has 40 heavy (non-hydrogen) atoms. The summed E-state index contributed by atoms with van der Waals surface area (Å²) in [5.74, 6) is 0.286. The molecule has 2 atom stereocenters. The number of hydrogen-bond donors (Lipinski definition) is 3. The van der Waals surface area contributed by atoms with Crippen LogP contribution in [0.3, 0.4) is 0 Å². The van der Waals surface area contributed by atoms with Gasteiger partial charge in [0.25, 0.3) is 5.91 Å². The summed E-state index contributed by atoms with van der Waals surface area (Å²) in [6.45, 7) is 1.62. The number of phosphoric acid groups is 1. The number of imidazole rings is 1. The van der Waals surface area contributed by atoms with Crippen LogP contribution in [0.15, 0.2) is 42.6 Å². The molecule has 4 aromatic rings. The largest absolute Gasteiger partial charge is 0.470 e. The number of halogens is 2. The Labute approximate surface area is 226 Å². The summed E-state index contributed by atoms with van der Waals surface area (Å²) in [5, 5.41) is 2.96. The normalized spacial score (nSPS) is 18.4. The van der Waals surface area contributed by atoms with Crippen LogP contribution in [0, 0.1) is 6.92 Å². The van der Waals surface area contributed by atoms with Crippen LogP contribution in [-0.2, 0) is 14.7 Å². The number of ether oxygens (including phenoxy) is 1. The fraction of sp³-hybridized carbons (Fsp3) is 0.308. The Balaban J connectivity index is 1.45. The number of amides is 1. The number of phosphoric ester groups is 1. The van der Waals surface area contributed by atoms with Crippen molar-refractivity contribution in [3.63, 3.8) is 0 Å². The van der Waals surface area contributed by atoms with E-state index in [4.69, 9.17) is 14.2 Å². The molecule has 2 aromatic heterocycles. The molecule has 1 amide bonds. The van der Waals surface area contributed by atoms with E-state index in [0.29, 0.717) is 34.6 Å². The Morgan fingerprint density at radius 3 is 2.65 bits per heavy atom. The second-order valence-corrected chi connectivity index (χ2v) is 11.4. The first-order valence-electron chi connectivity index (χ1n) is 12.3. The lowest BCUT2D eigenvalue weighted by Gasteiger charge is -2.24. The molecule has 0 saturated carbocycles. The number of nitrogens with one attached hydrogen (secondary N) is 1. The van der Waals surface area contributed by atoms with Gasteiger partial charge in [0.2, 0.25) is 0 Å². The van der Waals surface area contributed by atoms with Crippen LogP contribution in [0.4, 0.5) is 8.78 Å². The van der Waals surface area contributed by atoms with Gasteiger partial charge in [-0.2, -0.15) is 8.78 Å². The van der Waals surface area contributed by atoms with Gasteiger partial charge in [-0.05, 0) is 57.0 Å². The molecular weight excluding hydrogens is 547 g/mol. The highest BCUT2D eigenvalue weighted by Gasteiger charge is 2.42. The molecule has 0 fully saturated rings. The molecule has 0 radical (unpaired) electrons. The molecule has 2 aromatic carbocycles. The smallest absolute Gasteiger partial charge is 0.434 e. The molecule has 208 valence electrons. The van der Waals surface area contributed by atoms with Gasteiger partial charge in [-0.1, -0.05) is 12.1 Å². The topological polar surface area (TPSA) is 149 Å². The summed E-state index contributed by atoms with van der Waals surface area (Å²) >= 11 is 0. The zero-order valence-corrected chi connectivity index (χ0v) is 22.4. The number of benzene rings is 2. The Morgan fingerprint density at radius 2 is 1.95 bits per heavy atom. The third-order valence-corrected chi connectivity index (χ3v) is 7.83. The molecular formula is C26H24F2N5O6P. The zero-order valence-electron chi connectivity index (χ0n) is 21.5. The number of fused-ring (bicyclic) bond motifs is 9. The molecule has 2 aliphatic heterocycles. The first-order chi connectivity index (χ1) is 18.8. The Bertz CT molecular complexity index is 1740. The van der Waals surface area contributed by atoms with Crippen LogP contribution in [0.1, 0.15) is 65.6 Å². The van der Waals surface area contributed by atoms with Gasteiger partial charge in [-0.3, -0.25) is 9.32 Å². The monoisotopic (exact) mass is 571 g/mol. The SMILES string of the molecule is Cc1nc(C(C)(C)OP(=O)(O)O)ncc1-c1ccc2nc3n(c2c1)[C@@H]1C[C@@H]3NC(=O)c2cccc(OC(F)F)c21. The van der Waals surface area contributed by atoms with E-state index >= 15 is 0 Å². The van der Waals surface area contributed by atoms with Gasteiger partial charge >= 0.3 is 14.4 Å². The van der Waals surface area contributed by atoms with Gasteiger partial charge in [0.05, 0.1) is 23.1 Å². The molecule has 14 heteroatoms. The van der Waals surface area contributed by atoms with E-state index in [-0.39, 0.29) is 23.0 Å². The molecule has 11 nitrogen and oxygen atoms in total. The lowest BCUT2D eigenvalue weighted by atomic mass is 9.97. The van der Waals surface area contributed by atoms with Gasteiger partial charge in [-0.25, -0.2) is 19.5 Å². The molecule has 0 aliphatic carbocycles. The maximum absolute atomic E-state index is 13.3. The van der Waals surface area contributed by atoms with Crippen LogP contribution >= 0.6 is 7.82 Å². The molecule has 3 N–H and O–H groups in total. The average molecular weight is 571 g/mol. The van der Waals surface area contributed by atoms with Crippen molar-refractivity contribution in [2.24, 2.45) is 0 Å². The third-order valence-electron chi connectivity index (χ3n) is 7.14. The van der Waals surface area contributed by atoms with Gasteiger partial charge in [-0.15, -0.1) is 0 Å². The number of alkyl halides is 2. The predicted octanol–water partition coefficient (Wildman–Crippen LogP) is 4.53. The van der Waals surface area contributed by atoms with Crippen LogP contribution in [0.2, 0.25) is 0 Å². The zero-order chi connectivity index (χ0) is 28.6. The van der Waals surface area contributed by atoms with Crippen molar-refractivity contribution in [1.82, 2.24) is 24.8 Å². The van der Waals surface area contributed by atoms with E-state index in [1.165, 1.54) is 26.0 Å². The highest BCUT2D eigenvalue weighted by molar-refractivity contribution is 7.46. The van der Waals surface area contributed by atoms with Gasteiger partial charge in [0.1, 0.15) is 17.2 Å². The minimum atomic E-state index is -4.78. The van der Waals surface area contributed by atoms with Gasteiger partial charge in [0.15, 0.2) is 5.82 Å². The molecule has 4 heterocycles. The maximum atomic E-state index is 13.3. The summed E-state index contributed by atoms with van der Waals surface area (Å²) in [5.41, 5.74) is 2.55.